The van der Waals surface area contributed by atoms with Crippen LogP contribution < -0.4 is 29.9 Å². The molecule has 18 heteroatoms. The van der Waals surface area contributed by atoms with Crippen LogP contribution in [0.4, 0.5) is 11.4 Å². The summed E-state index contributed by atoms with van der Waals surface area (Å²) in [5, 5.41) is 22.5. The summed E-state index contributed by atoms with van der Waals surface area (Å²) in [5.74, 6) is -4.70. The number of amides is 1. The van der Waals surface area contributed by atoms with Crippen molar-refractivity contribution in [3.8, 4) is 17.0 Å². The Morgan fingerprint density at radius 1 is 0.787 bits per heavy atom. The summed E-state index contributed by atoms with van der Waals surface area (Å²) in [5.41, 5.74) is 8.96. The number of aromatic hydroxyl groups is 1. The Balaban J connectivity index is 0. The number of halogens is 1. The zero-order chi connectivity index (χ0) is 41.5. The second-order valence-electron chi connectivity index (χ2n) is 11.7. The van der Waals surface area contributed by atoms with Gasteiger partial charge in [0.05, 0.1) is 29.4 Å². The van der Waals surface area contributed by atoms with Crippen molar-refractivity contribution in [1.29, 1.82) is 0 Å². The van der Waals surface area contributed by atoms with Crippen LogP contribution in [0.1, 0.15) is 49.8 Å². The van der Waals surface area contributed by atoms with Crippen LogP contribution in [0.15, 0.2) is 133 Å². The molecule has 5 aromatic carbocycles. The van der Waals surface area contributed by atoms with E-state index in [0.717, 1.165) is 7.11 Å². The molecule has 2 heterocycles. The fourth-order valence-electron chi connectivity index (χ4n) is 5.09. The Bertz CT molecular complexity index is 2480. The van der Waals surface area contributed by atoms with E-state index in [9.17, 15) is 43.8 Å². The van der Waals surface area contributed by atoms with Gasteiger partial charge < -0.3 is 41.7 Å². The summed E-state index contributed by atoms with van der Waals surface area (Å²) in [6.45, 7) is 1.09. The third-order valence-corrected chi connectivity index (χ3v) is 7.83. The van der Waals surface area contributed by atoms with Gasteiger partial charge in [0.1, 0.15) is 11.3 Å². The number of fused-ring (bicyclic) bond motifs is 2. The molecule has 0 atom stereocenters. The monoisotopic (exact) mass is 849 g/mol. The van der Waals surface area contributed by atoms with Crippen molar-refractivity contribution in [2.45, 2.75) is 6.92 Å². The van der Waals surface area contributed by atoms with Crippen molar-refractivity contribution in [1.82, 2.24) is 4.98 Å². The number of ketones is 3. The molecule has 1 aliphatic heterocycles. The van der Waals surface area contributed by atoms with Crippen LogP contribution in [0, 0.1) is 0 Å². The van der Waals surface area contributed by atoms with E-state index >= 15 is 0 Å². The summed E-state index contributed by atoms with van der Waals surface area (Å²) in [4.78, 5) is 81.3. The number of rotatable bonds is 7. The van der Waals surface area contributed by atoms with Crippen LogP contribution >= 0.6 is 12.4 Å². The number of hydrogen-bond donors (Lipinski definition) is 4. The molecule has 0 radical (unpaired) electrons. The molecule has 6 aromatic rings. The van der Waals surface area contributed by atoms with Crippen LogP contribution in [0.2, 0.25) is 0 Å². The fraction of sp³-hybridized carbons (Fsp3) is 0.0698. The molecule has 0 fully saturated rings. The van der Waals surface area contributed by atoms with Crippen LogP contribution in [0.5, 0.6) is 5.75 Å². The fourth-order valence-corrected chi connectivity index (χ4v) is 5.09. The van der Waals surface area contributed by atoms with Crippen molar-refractivity contribution in [2.24, 2.45) is 0 Å². The molecule has 0 unspecified atom stereocenters. The number of nitrogens with two attached hydrogens (primary N) is 1. The first-order valence-electron chi connectivity index (χ1n) is 16.9. The van der Waals surface area contributed by atoms with E-state index in [-0.39, 0.29) is 84.3 Å². The number of carbonyl (C=O) groups is 7. The summed E-state index contributed by atoms with van der Waals surface area (Å²) in [6, 6.07) is 37.8. The predicted molar refractivity (Wildman–Crippen MR) is 225 cm³/mol. The number of Topliss-reactive ketones (excluding diaryl/α,β-unsaturated/α-hetero) is 3. The molecule has 0 saturated heterocycles. The van der Waals surface area contributed by atoms with Gasteiger partial charge in [0.25, 0.3) is 17.5 Å². The van der Waals surface area contributed by atoms with Gasteiger partial charge in [0.15, 0.2) is 18.1 Å². The number of aromatic nitrogens is 1. The molecule has 1 aliphatic rings. The van der Waals surface area contributed by atoms with Gasteiger partial charge in [-0.3, -0.25) is 24.0 Å². The molecule has 0 saturated carbocycles. The minimum Gasteiger partial charge on any atom is -0.870 e. The molecule has 0 spiro atoms. The molecule has 61 heavy (non-hydrogen) atoms. The van der Waals surface area contributed by atoms with Gasteiger partial charge in [-0.15, -0.1) is 12.4 Å². The van der Waals surface area contributed by atoms with Gasteiger partial charge >= 0.3 is 36.8 Å². The van der Waals surface area contributed by atoms with E-state index in [0.29, 0.717) is 33.3 Å². The molecule has 16 nitrogen and oxygen atoms in total. The van der Waals surface area contributed by atoms with Gasteiger partial charge in [-0.2, -0.15) is 0 Å². The van der Waals surface area contributed by atoms with Gasteiger partial charge in [0.2, 0.25) is 0 Å². The topological polar surface area (TPSA) is 291 Å². The second-order valence-corrected chi connectivity index (χ2v) is 11.7. The first-order chi connectivity index (χ1) is 27.3. The molecule has 0 bridgehead atoms. The number of anilines is 2. The molecule has 7 rings (SSSR count). The van der Waals surface area contributed by atoms with Gasteiger partial charge in [0, 0.05) is 30.6 Å². The van der Waals surface area contributed by atoms with Gasteiger partial charge in [-0.05, 0) is 30.3 Å². The molecular formula is C43H41ClLiN3O13. The summed E-state index contributed by atoms with van der Waals surface area (Å²) < 4.78 is 8.85. The quantitative estimate of drug-likeness (QED) is 0.0591. The van der Waals surface area contributed by atoms with Crippen molar-refractivity contribution >= 4 is 75.8 Å². The predicted octanol–water partition coefficient (Wildman–Crippen LogP) is 2.85. The minimum absolute atomic E-state index is 0. The SMILES string of the molecule is CC(=O)OCC(=O)c1ccccc1.COC(=O)C(=O)c1ccccc1N.Cl.O.O=C(O)c1c(O)c(-c2ccccc2)nc2ccccc12.O=C1Nc2ccccc2C1=O.[HH].[Li+].[OH-]. The maximum absolute atomic E-state index is 11.4. The van der Waals surface area contributed by atoms with Crippen LogP contribution in [-0.4, -0.2) is 81.0 Å². The van der Waals surface area contributed by atoms with Crippen LogP contribution in [0.25, 0.3) is 22.2 Å². The first-order valence-corrected chi connectivity index (χ1v) is 16.9. The van der Waals surface area contributed by atoms with E-state index in [2.05, 4.69) is 19.8 Å². The van der Waals surface area contributed by atoms with E-state index in [4.69, 9.17) is 5.73 Å². The molecule has 314 valence electrons. The van der Waals surface area contributed by atoms with Crippen molar-refractivity contribution in [3.63, 3.8) is 0 Å². The Morgan fingerprint density at radius 2 is 1.33 bits per heavy atom. The van der Waals surface area contributed by atoms with Crippen molar-refractivity contribution in [2.75, 3.05) is 24.8 Å². The number of nitrogen functional groups attached to an aromatic ring is 1. The zero-order valence-corrected chi connectivity index (χ0v) is 33.7. The number of nitrogens with one attached hydrogen (secondary N) is 1. The molecular weight excluding hydrogens is 809 g/mol. The average molecular weight is 850 g/mol. The van der Waals surface area contributed by atoms with E-state index in [1.54, 1.807) is 103 Å². The van der Waals surface area contributed by atoms with Gasteiger partial charge in [-0.1, -0.05) is 103 Å². The van der Waals surface area contributed by atoms with Crippen molar-refractivity contribution < 1.29 is 84.5 Å². The summed E-state index contributed by atoms with van der Waals surface area (Å²) >= 11 is 0. The number of hydrogen-bond acceptors (Lipinski definition) is 13. The van der Waals surface area contributed by atoms with E-state index < -0.39 is 35.4 Å². The third-order valence-electron chi connectivity index (χ3n) is 7.83. The largest absolute Gasteiger partial charge is 1.00 e. The number of pyridine rings is 1. The number of ether oxygens (including phenoxy) is 2. The second kappa shape index (κ2) is 26.0. The minimum atomic E-state index is -1.17. The average Bonchev–Trinajstić information content (AvgIpc) is 3.52. The molecule has 1 amide bonds. The first kappa shape index (κ1) is 53.8. The molecule has 1 aromatic heterocycles. The van der Waals surface area contributed by atoms with Crippen LogP contribution in [-0.2, 0) is 23.9 Å². The smallest absolute Gasteiger partial charge is 0.870 e. The number of aromatic carboxylic acids is 1. The Kier molecular flexibility index (Phi) is 23.0. The number of carboxylic acids is 1. The van der Waals surface area contributed by atoms with E-state index in [1.165, 1.54) is 13.0 Å². The standard InChI is InChI=1S/C16H11NO3.C10H10O3.C9H9NO3.C8H5NO2.ClH.Li.2H2O.H2/c18-15-13(16(19)20)11-8-4-5-9-12(11)17-14(15)10-6-2-1-3-7-10;1-8(11)13-7-10(12)9-5-3-2-4-6-9;1-13-9(12)8(11)6-4-2-3-5-7(6)10;10-7-5-3-1-2-4-6(5)9-8(7)11;;;;;/h1-9,18H,(H,19,20);2-6H,7H2,1H3;2-5H,10H2,1H3;1-4H,(H,9,10,11);1H;;2*1H2;1H/q;;;;;+1;;;/p-1. The number of para-hydroxylation sites is 3. The number of esters is 2. The summed E-state index contributed by atoms with van der Waals surface area (Å²) in [6.07, 6.45) is 0. The number of methoxy groups -OCH3 is 1. The normalized spacial score (nSPS) is 10.1. The third kappa shape index (κ3) is 14.5. The van der Waals surface area contributed by atoms with Gasteiger partial charge in [-0.25, -0.2) is 14.6 Å². The Labute approximate surface area is 368 Å². The Hall–Kier alpha value is -7.19. The maximum Gasteiger partial charge on any atom is 1.00 e. The summed E-state index contributed by atoms with van der Waals surface area (Å²) in [7, 11) is 1.15. The molecule has 8 N–H and O–H groups in total. The van der Waals surface area contributed by atoms with E-state index in [1.807, 2.05) is 24.3 Å². The number of carboxylic acid groups (broad SMARTS) is 1. The van der Waals surface area contributed by atoms with Crippen molar-refractivity contribution in [3.05, 3.63) is 156 Å². The van der Waals surface area contributed by atoms with Crippen LogP contribution in [0.3, 0.4) is 0 Å². The zero-order valence-electron chi connectivity index (χ0n) is 32.9. The molecule has 0 aliphatic carbocycles. The maximum atomic E-state index is 11.4. The number of benzene rings is 5. The number of carbonyl (C=O) groups excluding carboxylic acids is 6. The Morgan fingerprint density at radius 3 is 1.90 bits per heavy atom. The number of nitrogens with zero attached hydrogens (tertiary/aromatic N) is 1.